The van der Waals surface area contributed by atoms with Gasteiger partial charge in [-0.15, -0.1) is 0 Å². The zero-order valence-electron chi connectivity index (χ0n) is 13.9. The molecule has 0 unspecified atom stereocenters. The average molecular weight is 337 g/mol. The molecule has 0 saturated heterocycles. The topological polar surface area (TPSA) is 91.8 Å². The Morgan fingerprint density at radius 3 is 2.88 bits per heavy atom. The molecule has 1 saturated carbocycles. The van der Waals surface area contributed by atoms with Crippen LogP contribution >= 0.6 is 0 Å². The van der Waals surface area contributed by atoms with Crippen LogP contribution in [0.2, 0.25) is 0 Å². The number of benzene rings is 1. The summed E-state index contributed by atoms with van der Waals surface area (Å²) in [4.78, 5) is 27.6. The first-order valence-corrected chi connectivity index (χ1v) is 8.31. The van der Waals surface area contributed by atoms with Gasteiger partial charge >= 0.3 is 0 Å². The van der Waals surface area contributed by atoms with E-state index in [1.165, 1.54) is 0 Å². The molecule has 4 rings (SSSR count). The van der Waals surface area contributed by atoms with Gasteiger partial charge in [-0.1, -0.05) is 12.1 Å². The Balaban J connectivity index is 1.71. The van der Waals surface area contributed by atoms with E-state index in [-0.39, 0.29) is 23.6 Å². The van der Waals surface area contributed by atoms with Crippen LogP contribution in [0.1, 0.15) is 39.4 Å². The third-order valence-corrected chi connectivity index (χ3v) is 4.39. The van der Waals surface area contributed by atoms with Gasteiger partial charge in [-0.3, -0.25) is 14.3 Å². The number of hydrogen-bond donors (Lipinski definition) is 3. The van der Waals surface area contributed by atoms with Crippen LogP contribution in [-0.4, -0.2) is 39.7 Å². The maximum Gasteiger partial charge on any atom is 0.271 e. The van der Waals surface area contributed by atoms with Crippen molar-refractivity contribution in [2.45, 2.75) is 25.4 Å². The summed E-state index contributed by atoms with van der Waals surface area (Å²) < 4.78 is 1.60. The monoisotopic (exact) mass is 337 g/mol. The molecular formula is C18H19N5O2. The molecule has 7 nitrogen and oxygen atoms in total. The first-order chi connectivity index (χ1) is 12.2. The van der Waals surface area contributed by atoms with Gasteiger partial charge in [-0.25, -0.2) is 0 Å². The highest BCUT2D eigenvalue weighted by atomic mass is 16.2. The zero-order chi connectivity index (χ0) is 17.4. The van der Waals surface area contributed by atoms with Gasteiger partial charge in [0.2, 0.25) is 0 Å². The normalized spacial score (nSPS) is 13.8. The molecule has 0 radical (unpaired) electrons. The zero-order valence-corrected chi connectivity index (χ0v) is 13.9. The number of amides is 2. The summed E-state index contributed by atoms with van der Waals surface area (Å²) in [6, 6.07) is 9.75. The second kappa shape index (κ2) is 6.08. The molecule has 2 aromatic heterocycles. The third kappa shape index (κ3) is 3.00. The average Bonchev–Trinajstić information content (AvgIpc) is 3.12. The SMILES string of the molecule is CNC(=O)c1cc(C(=O)NC2CC2)n(Cc2cccc3[nH]ccc23)n1. The summed E-state index contributed by atoms with van der Waals surface area (Å²) >= 11 is 0. The molecule has 0 aliphatic heterocycles. The molecule has 25 heavy (non-hydrogen) atoms. The van der Waals surface area contributed by atoms with Gasteiger partial charge in [-0.2, -0.15) is 5.10 Å². The molecule has 3 N–H and O–H groups in total. The van der Waals surface area contributed by atoms with Crippen molar-refractivity contribution in [3.8, 4) is 0 Å². The van der Waals surface area contributed by atoms with Crippen molar-refractivity contribution >= 4 is 22.7 Å². The van der Waals surface area contributed by atoms with Crippen LogP contribution in [-0.2, 0) is 6.54 Å². The minimum absolute atomic E-state index is 0.189. The number of carbonyl (C=O) groups is 2. The number of rotatable bonds is 5. The van der Waals surface area contributed by atoms with Crippen molar-refractivity contribution in [2.24, 2.45) is 0 Å². The van der Waals surface area contributed by atoms with Crippen LogP contribution in [0, 0.1) is 0 Å². The van der Waals surface area contributed by atoms with Crippen LogP contribution < -0.4 is 10.6 Å². The van der Waals surface area contributed by atoms with E-state index < -0.39 is 0 Å². The summed E-state index contributed by atoms with van der Waals surface area (Å²) in [6.45, 7) is 0.416. The van der Waals surface area contributed by atoms with Gasteiger partial charge in [0.25, 0.3) is 11.8 Å². The number of H-pyrrole nitrogens is 1. The Bertz CT molecular complexity index is 951. The molecule has 0 bridgehead atoms. The van der Waals surface area contributed by atoms with E-state index >= 15 is 0 Å². The van der Waals surface area contributed by atoms with Crippen molar-refractivity contribution in [2.75, 3.05) is 7.05 Å². The van der Waals surface area contributed by atoms with E-state index in [9.17, 15) is 9.59 Å². The highest BCUT2D eigenvalue weighted by molar-refractivity contribution is 5.98. The number of aromatic amines is 1. The Kier molecular flexibility index (Phi) is 3.76. The minimum Gasteiger partial charge on any atom is -0.361 e. The number of nitrogens with zero attached hydrogens (tertiary/aromatic N) is 2. The lowest BCUT2D eigenvalue weighted by molar-refractivity contribution is 0.0937. The molecule has 1 aromatic carbocycles. The summed E-state index contributed by atoms with van der Waals surface area (Å²) in [5.74, 6) is -0.495. The largest absolute Gasteiger partial charge is 0.361 e. The Hall–Kier alpha value is -3.09. The number of nitrogens with one attached hydrogen (secondary N) is 3. The van der Waals surface area contributed by atoms with Crippen LogP contribution in [0.5, 0.6) is 0 Å². The molecule has 128 valence electrons. The number of aromatic nitrogens is 3. The summed E-state index contributed by atoms with van der Waals surface area (Å²) in [6.07, 6.45) is 3.89. The Morgan fingerprint density at radius 2 is 2.12 bits per heavy atom. The smallest absolute Gasteiger partial charge is 0.271 e. The van der Waals surface area contributed by atoms with Gasteiger partial charge in [-0.05, 0) is 30.5 Å². The molecule has 7 heteroatoms. The van der Waals surface area contributed by atoms with Crippen molar-refractivity contribution in [3.63, 3.8) is 0 Å². The first kappa shape index (κ1) is 15.4. The lowest BCUT2D eigenvalue weighted by atomic mass is 10.1. The highest BCUT2D eigenvalue weighted by Gasteiger charge is 2.26. The maximum atomic E-state index is 12.5. The van der Waals surface area contributed by atoms with E-state index in [0.29, 0.717) is 12.2 Å². The fraction of sp³-hybridized carbons (Fsp3) is 0.278. The maximum absolute atomic E-state index is 12.5. The fourth-order valence-electron chi connectivity index (χ4n) is 2.90. The minimum atomic E-state index is -0.306. The third-order valence-electron chi connectivity index (χ3n) is 4.39. The molecule has 0 spiro atoms. The van der Waals surface area contributed by atoms with E-state index in [4.69, 9.17) is 0 Å². The van der Waals surface area contributed by atoms with Crippen LogP contribution in [0.25, 0.3) is 10.9 Å². The van der Waals surface area contributed by atoms with Gasteiger partial charge in [0, 0.05) is 36.3 Å². The summed E-state index contributed by atoms with van der Waals surface area (Å²) in [7, 11) is 1.55. The van der Waals surface area contributed by atoms with Crippen LogP contribution in [0.4, 0.5) is 0 Å². The molecule has 3 aromatic rings. The van der Waals surface area contributed by atoms with Gasteiger partial charge < -0.3 is 15.6 Å². The van der Waals surface area contributed by atoms with Crippen molar-refractivity contribution in [1.82, 2.24) is 25.4 Å². The fourth-order valence-corrected chi connectivity index (χ4v) is 2.90. The van der Waals surface area contributed by atoms with Gasteiger partial charge in [0.05, 0.1) is 6.54 Å². The highest BCUT2D eigenvalue weighted by Crippen LogP contribution is 2.21. The van der Waals surface area contributed by atoms with Crippen LogP contribution in [0.3, 0.4) is 0 Å². The number of hydrogen-bond acceptors (Lipinski definition) is 3. The molecule has 1 aliphatic carbocycles. The predicted octanol–water partition coefficient (Wildman–Crippen LogP) is 1.66. The molecule has 1 aliphatic rings. The van der Waals surface area contributed by atoms with E-state index in [1.807, 2.05) is 30.5 Å². The van der Waals surface area contributed by atoms with E-state index in [2.05, 4.69) is 20.7 Å². The Labute approximate surface area is 144 Å². The molecule has 1 fully saturated rings. The van der Waals surface area contributed by atoms with Crippen LogP contribution in [0.15, 0.2) is 36.5 Å². The predicted molar refractivity (Wildman–Crippen MR) is 93.5 cm³/mol. The van der Waals surface area contributed by atoms with E-state index in [0.717, 1.165) is 29.3 Å². The molecule has 2 heterocycles. The quantitative estimate of drug-likeness (QED) is 0.661. The second-order valence-electron chi connectivity index (χ2n) is 6.26. The number of carbonyl (C=O) groups excluding carboxylic acids is 2. The van der Waals surface area contributed by atoms with E-state index in [1.54, 1.807) is 17.8 Å². The number of fused-ring (bicyclic) bond motifs is 1. The Morgan fingerprint density at radius 1 is 1.28 bits per heavy atom. The van der Waals surface area contributed by atoms with Crippen molar-refractivity contribution in [1.29, 1.82) is 0 Å². The summed E-state index contributed by atoms with van der Waals surface area (Å²) in [5.41, 5.74) is 2.70. The summed E-state index contributed by atoms with van der Waals surface area (Å²) in [5, 5.41) is 10.9. The molecular weight excluding hydrogens is 318 g/mol. The van der Waals surface area contributed by atoms with Crippen molar-refractivity contribution < 1.29 is 9.59 Å². The molecule has 2 amide bonds. The first-order valence-electron chi connectivity index (χ1n) is 8.31. The second-order valence-corrected chi connectivity index (χ2v) is 6.26. The van der Waals surface area contributed by atoms with Crippen molar-refractivity contribution in [3.05, 3.63) is 53.5 Å². The van der Waals surface area contributed by atoms with Gasteiger partial charge in [0.15, 0.2) is 5.69 Å². The standard InChI is InChI=1S/C18H19N5O2/c1-19-17(24)15-9-16(18(25)21-12-5-6-12)23(22-15)10-11-3-2-4-14-13(11)7-8-20-14/h2-4,7-9,12,20H,5-6,10H2,1H3,(H,19,24)(H,21,25). The molecule has 0 atom stereocenters. The lowest BCUT2D eigenvalue weighted by Crippen LogP contribution is -2.28. The lowest BCUT2D eigenvalue weighted by Gasteiger charge is -2.09. The van der Waals surface area contributed by atoms with Gasteiger partial charge in [0.1, 0.15) is 5.69 Å².